The molecule has 1 heterocycles. The first-order chi connectivity index (χ1) is 13.5. The topological polar surface area (TPSA) is 3.88 Å². The van der Waals surface area contributed by atoms with Crippen molar-refractivity contribution in [1.82, 2.24) is 0 Å². The van der Waals surface area contributed by atoms with Crippen molar-refractivity contribution in [2.75, 3.05) is 0 Å². The van der Waals surface area contributed by atoms with E-state index in [0.717, 1.165) is 22.4 Å². The Kier molecular flexibility index (Phi) is 4.72. The molecule has 4 rings (SSSR count). The van der Waals surface area contributed by atoms with Crippen molar-refractivity contribution in [3.8, 4) is 22.4 Å². The Labute approximate surface area is 166 Å². The monoisotopic (exact) mass is 370 g/mol. The number of rotatable bonds is 3. The molecule has 4 aromatic rings. The minimum Gasteiger partial charge on any atom is -0.206 e. The highest BCUT2D eigenvalue weighted by atomic mass is 19.1. The third-order valence-corrected chi connectivity index (χ3v) is 5.48. The second-order valence-electron chi connectivity index (χ2n) is 7.79. The molecular formula is C26H25FN+. The zero-order chi connectivity index (χ0) is 19.8. The molecule has 0 radical (unpaired) electrons. The van der Waals surface area contributed by atoms with Crippen LogP contribution in [0, 0.1) is 12.7 Å². The van der Waals surface area contributed by atoms with Gasteiger partial charge in [0.2, 0.25) is 5.69 Å². The van der Waals surface area contributed by atoms with Crippen LogP contribution in [0.15, 0.2) is 72.9 Å². The summed E-state index contributed by atoms with van der Waals surface area (Å²) >= 11 is 0. The van der Waals surface area contributed by atoms with E-state index in [-0.39, 0.29) is 5.82 Å². The van der Waals surface area contributed by atoms with Gasteiger partial charge in [0.1, 0.15) is 12.9 Å². The van der Waals surface area contributed by atoms with Gasteiger partial charge in [-0.2, -0.15) is 0 Å². The van der Waals surface area contributed by atoms with Gasteiger partial charge < -0.3 is 0 Å². The van der Waals surface area contributed by atoms with Gasteiger partial charge in [0.25, 0.3) is 0 Å². The van der Waals surface area contributed by atoms with Crippen molar-refractivity contribution in [3.05, 3.63) is 89.9 Å². The van der Waals surface area contributed by atoms with Gasteiger partial charge in [0.15, 0.2) is 6.20 Å². The normalized spacial score (nSPS) is 11.4. The Morgan fingerprint density at radius 2 is 1.61 bits per heavy atom. The third-order valence-electron chi connectivity index (χ3n) is 5.48. The van der Waals surface area contributed by atoms with Gasteiger partial charge in [-0.05, 0) is 53.1 Å². The van der Waals surface area contributed by atoms with Gasteiger partial charge in [-0.15, -0.1) is 0 Å². The van der Waals surface area contributed by atoms with Crippen LogP contribution in [0.1, 0.15) is 30.9 Å². The SMILES string of the molecule is Cc1cc(F)c(-c2ccccc2)cc1-c1c2ccc(C(C)C)cc2cc[n+]1C. The molecule has 0 atom stereocenters. The van der Waals surface area contributed by atoms with Crippen molar-refractivity contribution < 1.29 is 8.96 Å². The molecule has 140 valence electrons. The molecule has 0 unspecified atom stereocenters. The first-order valence-corrected chi connectivity index (χ1v) is 9.74. The van der Waals surface area contributed by atoms with E-state index in [9.17, 15) is 4.39 Å². The highest BCUT2D eigenvalue weighted by molar-refractivity contribution is 5.94. The summed E-state index contributed by atoms with van der Waals surface area (Å²) in [6, 6.07) is 22.2. The Bertz CT molecular complexity index is 1160. The molecular weight excluding hydrogens is 345 g/mol. The maximum atomic E-state index is 14.8. The smallest absolute Gasteiger partial charge is 0.206 e. The Morgan fingerprint density at radius 3 is 2.32 bits per heavy atom. The minimum atomic E-state index is -0.183. The van der Waals surface area contributed by atoms with Crippen LogP contribution in [0.2, 0.25) is 0 Å². The molecule has 1 aromatic heterocycles. The number of halogens is 1. The van der Waals surface area contributed by atoms with Crippen LogP contribution in [0.3, 0.4) is 0 Å². The largest absolute Gasteiger partial charge is 0.220 e. The summed E-state index contributed by atoms with van der Waals surface area (Å²) in [5.41, 5.74) is 5.97. The lowest BCUT2D eigenvalue weighted by molar-refractivity contribution is -0.659. The van der Waals surface area contributed by atoms with Crippen LogP contribution in [-0.4, -0.2) is 0 Å². The molecule has 3 aromatic carbocycles. The van der Waals surface area contributed by atoms with E-state index < -0.39 is 0 Å². The molecule has 0 fully saturated rings. The summed E-state index contributed by atoms with van der Waals surface area (Å²) in [4.78, 5) is 0. The molecule has 0 N–H and O–H groups in total. The number of hydrogen-bond donors (Lipinski definition) is 0. The Balaban J connectivity index is 1.99. The van der Waals surface area contributed by atoms with E-state index >= 15 is 0 Å². The zero-order valence-electron chi connectivity index (χ0n) is 16.8. The molecule has 0 aliphatic rings. The predicted molar refractivity (Wildman–Crippen MR) is 115 cm³/mol. The second kappa shape index (κ2) is 7.20. The number of hydrogen-bond acceptors (Lipinski definition) is 0. The summed E-state index contributed by atoms with van der Waals surface area (Å²) in [6.07, 6.45) is 2.09. The molecule has 28 heavy (non-hydrogen) atoms. The molecule has 0 bridgehead atoms. The van der Waals surface area contributed by atoms with Crippen LogP contribution in [0.4, 0.5) is 4.39 Å². The fourth-order valence-electron chi connectivity index (χ4n) is 3.85. The molecule has 0 aliphatic carbocycles. The molecule has 0 saturated carbocycles. The first kappa shape index (κ1) is 18.4. The molecule has 0 aliphatic heterocycles. The number of aryl methyl sites for hydroxylation is 2. The maximum Gasteiger partial charge on any atom is 0.220 e. The quantitative estimate of drug-likeness (QED) is 0.359. The predicted octanol–water partition coefficient (Wildman–Crippen LogP) is 6.57. The molecule has 0 saturated heterocycles. The maximum absolute atomic E-state index is 14.8. The van der Waals surface area contributed by atoms with Gasteiger partial charge in [0, 0.05) is 11.6 Å². The van der Waals surface area contributed by atoms with Gasteiger partial charge in [-0.1, -0.05) is 56.3 Å². The lowest BCUT2D eigenvalue weighted by atomic mass is 9.93. The van der Waals surface area contributed by atoms with Crippen LogP contribution >= 0.6 is 0 Å². The second-order valence-corrected chi connectivity index (χ2v) is 7.79. The van der Waals surface area contributed by atoms with E-state index in [4.69, 9.17) is 0 Å². The van der Waals surface area contributed by atoms with Crippen molar-refractivity contribution in [1.29, 1.82) is 0 Å². The van der Waals surface area contributed by atoms with Crippen LogP contribution < -0.4 is 4.57 Å². The zero-order valence-corrected chi connectivity index (χ0v) is 16.8. The number of fused-ring (bicyclic) bond motifs is 1. The summed E-state index contributed by atoms with van der Waals surface area (Å²) < 4.78 is 16.9. The van der Waals surface area contributed by atoms with Crippen LogP contribution in [0.5, 0.6) is 0 Å². The summed E-state index contributed by atoms with van der Waals surface area (Å²) in [5.74, 6) is 0.302. The lowest BCUT2D eigenvalue weighted by Gasteiger charge is -2.13. The van der Waals surface area contributed by atoms with E-state index in [1.165, 1.54) is 16.3 Å². The van der Waals surface area contributed by atoms with Gasteiger partial charge >= 0.3 is 0 Å². The lowest BCUT2D eigenvalue weighted by Crippen LogP contribution is -2.30. The fraction of sp³-hybridized carbons (Fsp3) is 0.192. The highest BCUT2D eigenvalue weighted by Gasteiger charge is 2.20. The summed E-state index contributed by atoms with van der Waals surface area (Å²) in [7, 11) is 2.05. The van der Waals surface area contributed by atoms with Crippen LogP contribution in [0.25, 0.3) is 33.2 Å². The summed E-state index contributed by atoms with van der Waals surface area (Å²) in [6.45, 7) is 6.40. The number of pyridine rings is 1. The standard InChI is InChI=1S/C26H25FN/c1-17(2)20-10-11-22-21(15-20)12-13-28(4)26(22)23-16-24(25(27)14-18(23)3)19-8-6-5-7-9-19/h5-17H,1-4H3/q+1. The molecule has 0 amide bonds. The third kappa shape index (κ3) is 3.20. The number of aromatic nitrogens is 1. The van der Waals surface area contributed by atoms with Gasteiger partial charge in [-0.25, -0.2) is 8.96 Å². The molecule has 2 heteroatoms. The number of benzene rings is 3. The van der Waals surface area contributed by atoms with Crippen molar-refractivity contribution in [3.63, 3.8) is 0 Å². The highest BCUT2D eigenvalue weighted by Crippen LogP contribution is 2.34. The average molecular weight is 370 g/mol. The Morgan fingerprint density at radius 1 is 0.857 bits per heavy atom. The average Bonchev–Trinajstić information content (AvgIpc) is 2.69. The van der Waals surface area contributed by atoms with E-state index in [2.05, 4.69) is 55.9 Å². The summed E-state index contributed by atoms with van der Waals surface area (Å²) in [5, 5.41) is 2.40. The van der Waals surface area contributed by atoms with E-state index in [1.807, 2.05) is 43.3 Å². The van der Waals surface area contributed by atoms with Crippen molar-refractivity contribution >= 4 is 10.8 Å². The van der Waals surface area contributed by atoms with Crippen molar-refractivity contribution in [2.24, 2.45) is 7.05 Å². The van der Waals surface area contributed by atoms with Gasteiger partial charge in [0.05, 0.1) is 10.9 Å². The van der Waals surface area contributed by atoms with Gasteiger partial charge in [-0.3, -0.25) is 0 Å². The minimum absolute atomic E-state index is 0.183. The molecule has 1 nitrogen and oxygen atoms in total. The van der Waals surface area contributed by atoms with Crippen LogP contribution in [-0.2, 0) is 7.05 Å². The fourth-order valence-corrected chi connectivity index (χ4v) is 3.85. The van der Waals surface area contributed by atoms with E-state index in [0.29, 0.717) is 11.5 Å². The first-order valence-electron chi connectivity index (χ1n) is 9.74. The molecule has 0 spiro atoms. The Hall–Kier alpha value is -3.00. The number of nitrogens with zero attached hydrogens (tertiary/aromatic N) is 1. The van der Waals surface area contributed by atoms with E-state index in [1.54, 1.807) is 6.07 Å². The van der Waals surface area contributed by atoms with Crippen molar-refractivity contribution in [2.45, 2.75) is 26.7 Å².